The van der Waals surface area contributed by atoms with Gasteiger partial charge >= 0.3 is 11.9 Å². The molecule has 2 aromatic heterocycles. The van der Waals surface area contributed by atoms with Crippen LogP contribution in [-0.4, -0.2) is 81.9 Å². The van der Waals surface area contributed by atoms with Crippen LogP contribution in [0, 0.1) is 0 Å². The molecule has 0 radical (unpaired) electrons. The van der Waals surface area contributed by atoms with Crippen molar-refractivity contribution in [1.29, 1.82) is 0 Å². The smallest absolute Gasteiger partial charge is 0.336 e. The number of ether oxygens (including phenoxy) is 1. The van der Waals surface area contributed by atoms with E-state index in [1.54, 1.807) is 0 Å². The molecule has 164 valence electrons. The van der Waals surface area contributed by atoms with Crippen molar-refractivity contribution in [3.05, 3.63) is 48.0 Å². The quantitative estimate of drug-likeness (QED) is 0.295. The van der Waals surface area contributed by atoms with Gasteiger partial charge in [-0.15, -0.1) is 0 Å². The van der Waals surface area contributed by atoms with Crippen LogP contribution >= 0.6 is 0 Å². The van der Waals surface area contributed by atoms with Crippen molar-refractivity contribution < 1.29 is 39.9 Å². The lowest BCUT2D eigenvalue weighted by Gasteiger charge is -2.16. The fourth-order valence-corrected chi connectivity index (χ4v) is 3.02. The highest BCUT2D eigenvalue weighted by Crippen LogP contribution is 2.31. The van der Waals surface area contributed by atoms with Crippen molar-refractivity contribution in [2.75, 3.05) is 12.3 Å². The third-order valence-corrected chi connectivity index (χ3v) is 4.57. The minimum Gasteiger partial charge on any atom is -0.478 e. The van der Waals surface area contributed by atoms with Crippen LogP contribution in [0.1, 0.15) is 26.9 Å². The van der Waals surface area contributed by atoms with E-state index in [1.807, 2.05) is 0 Å². The molecule has 13 nitrogen and oxygen atoms in total. The number of hydrogen-bond acceptors (Lipinski definition) is 10. The molecule has 4 rings (SSSR count). The summed E-state index contributed by atoms with van der Waals surface area (Å²) in [4.78, 5) is 32.8. The first-order valence-electron chi connectivity index (χ1n) is 8.87. The summed E-state index contributed by atoms with van der Waals surface area (Å²) in [5.41, 5.74) is 6.06. The number of carboxylic acid groups (broad SMARTS) is 2. The molecule has 3 aromatic rings. The first-order chi connectivity index (χ1) is 14.8. The van der Waals surface area contributed by atoms with Gasteiger partial charge in [-0.3, -0.25) is 4.57 Å². The summed E-state index contributed by atoms with van der Waals surface area (Å²) in [5.74, 6) is -2.24. The van der Waals surface area contributed by atoms with Crippen LogP contribution in [0.4, 0.5) is 5.82 Å². The Labute approximate surface area is 174 Å². The van der Waals surface area contributed by atoms with Gasteiger partial charge in [-0.2, -0.15) is 0 Å². The number of nitrogens with two attached hydrogens (primary N) is 1. The number of aliphatic hydroxyl groups excluding tert-OH is 3. The number of anilines is 1. The molecule has 1 saturated heterocycles. The molecular weight excluding hydrogens is 414 g/mol. The molecule has 4 atom stereocenters. The molecule has 7 N–H and O–H groups in total. The fraction of sp³-hybridized carbons (Fsp3) is 0.278. The Hall–Kier alpha value is -3.65. The molecular formula is C18H19N5O8. The summed E-state index contributed by atoms with van der Waals surface area (Å²) >= 11 is 0. The summed E-state index contributed by atoms with van der Waals surface area (Å²) in [6, 6.07) is 5.48. The van der Waals surface area contributed by atoms with Gasteiger partial charge in [-0.05, 0) is 12.1 Å². The first-order valence-corrected chi connectivity index (χ1v) is 8.87. The number of aromatic carboxylic acids is 2. The molecule has 0 spiro atoms. The molecule has 0 saturated carbocycles. The maximum atomic E-state index is 10.5. The molecule has 13 heteroatoms. The average molecular weight is 433 g/mol. The number of fused-ring (bicyclic) bond motifs is 1. The third kappa shape index (κ3) is 4.29. The van der Waals surface area contributed by atoms with Crippen molar-refractivity contribution in [2.24, 2.45) is 0 Å². The summed E-state index contributed by atoms with van der Waals surface area (Å²) in [5, 5.41) is 45.8. The molecule has 0 unspecified atom stereocenters. The highest BCUT2D eigenvalue weighted by atomic mass is 16.6. The molecule has 0 bridgehead atoms. The summed E-state index contributed by atoms with van der Waals surface area (Å²) in [6.45, 7) is -0.390. The van der Waals surface area contributed by atoms with Crippen LogP contribution in [-0.2, 0) is 4.74 Å². The van der Waals surface area contributed by atoms with Gasteiger partial charge in [0.2, 0.25) is 0 Å². The second kappa shape index (κ2) is 9.01. The Morgan fingerprint density at radius 2 is 1.65 bits per heavy atom. The molecule has 1 aromatic carbocycles. The number of aliphatic hydroxyl groups is 3. The number of benzene rings is 1. The van der Waals surface area contributed by atoms with Crippen molar-refractivity contribution in [2.45, 2.75) is 24.5 Å². The van der Waals surface area contributed by atoms with Crippen LogP contribution in [0.5, 0.6) is 0 Å². The Morgan fingerprint density at radius 1 is 1.03 bits per heavy atom. The van der Waals surface area contributed by atoms with Crippen LogP contribution in [0.25, 0.3) is 11.2 Å². The largest absolute Gasteiger partial charge is 0.478 e. The fourth-order valence-electron chi connectivity index (χ4n) is 3.02. The Kier molecular flexibility index (Phi) is 6.41. The monoisotopic (exact) mass is 433 g/mol. The Bertz CT molecular complexity index is 1070. The van der Waals surface area contributed by atoms with E-state index in [0.29, 0.717) is 11.2 Å². The normalized spacial score (nSPS) is 22.7. The molecule has 31 heavy (non-hydrogen) atoms. The highest BCUT2D eigenvalue weighted by Gasteiger charge is 2.43. The van der Waals surface area contributed by atoms with Gasteiger partial charge in [0.1, 0.15) is 30.2 Å². The number of nitrogen functional groups attached to an aromatic ring is 1. The van der Waals surface area contributed by atoms with Crippen molar-refractivity contribution in [3.8, 4) is 0 Å². The zero-order valence-corrected chi connectivity index (χ0v) is 15.8. The van der Waals surface area contributed by atoms with Gasteiger partial charge in [0, 0.05) is 0 Å². The number of aromatic nitrogens is 4. The van der Waals surface area contributed by atoms with Gasteiger partial charge in [0.15, 0.2) is 17.7 Å². The summed E-state index contributed by atoms with van der Waals surface area (Å²) < 4.78 is 6.85. The summed E-state index contributed by atoms with van der Waals surface area (Å²) in [7, 11) is 0. The zero-order valence-electron chi connectivity index (χ0n) is 15.8. The number of imidazole rings is 1. The minimum atomic E-state index is -1.23. The van der Waals surface area contributed by atoms with E-state index in [2.05, 4.69) is 15.0 Å². The minimum absolute atomic E-state index is 0.190. The maximum absolute atomic E-state index is 10.5. The topological polar surface area (TPSA) is 214 Å². The van der Waals surface area contributed by atoms with Gasteiger partial charge in [0.25, 0.3) is 0 Å². The Morgan fingerprint density at radius 3 is 2.16 bits per heavy atom. The average Bonchev–Trinajstić information content (AvgIpc) is 3.30. The lowest BCUT2D eigenvalue weighted by molar-refractivity contribution is -0.0511. The predicted octanol–water partition coefficient (Wildman–Crippen LogP) is -0.897. The van der Waals surface area contributed by atoms with E-state index in [4.69, 9.17) is 25.8 Å². The van der Waals surface area contributed by atoms with E-state index < -0.39 is 43.1 Å². The van der Waals surface area contributed by atoms with Crippen molar-refractivity contribution >= 4 is 28.9 Å². The van der Waals surface area contributed by atoms with Gasteiger partial charge in [0.05, 0.1) is 24.1 Å². The number of carboxylic acids is 2. The third-order valence-electron chi connectivity index (χ3n) is 4.57. The second-order valence-corrected chi connectivity index (χ2v) is 6.47. The molecule has 1 fully saturated rings. The lowest BCUT2D eigenvalue weighted by atomic mass is 10.1. The van der Waals surface area contributed by atoms with Gasteiger partial charge < -0.3 is 36.0 Å². The SMILES string of the molecule is Nc1ncnc2c1ncn2[C@@H]1O[C@H](CO)[C@@H](O)[C@H]1O.O=C(O)c1ccccc1C(=O)O. The Balaban J connectivity index is 0.000000196. The number of nitrogens with zero attached hydrogens (tertiary/aromatic N) is 4. The van der Waals surface area contributed by atoms with Crippen molar-refractivity contribution in [3.63, 3.8) is 0 Å². The number of hydrogen-bond donors (Lipinski definition) is 6. The molecule has 0 amide bonds. The van der Waals surface area contributed by atoms with Gasteiger partial charge in [-0.25, -0.2) is 24.5 Å². The second-order valence-electron chi connectivity index (χ2n) is 6.47. The van der Waals surface area contributed by atoms with E-state index in [9.17, 15) is 19.8 Å². The molecule has 0 aliphatic carbocycles. The van der Waals surface area contributed by atoms with E-state index in [-0.39, 0.29) is 16.9 Å². The van der Waals surface area contributed by atoms with E-state index in [0.717, 1.165) is 0 Å². The summed E-state index contributed by atoms with van der Waals surface area (Å²) in [6.07, 6.45) is -1.42. The first kappa shape index (κ1) is 22.0. The zero-order chi connectivity index (χ0) is 22.7. The highest BCUT2D eigenvalue weighted by molar-refractivity contribution is 6.01. The molecule has 3 heterocycles. The van der Waals surface area contributed by atoms with Crippen molar-refractivity contribution in [1.82, 2.24) is 19.5 Å². The lowest BCUT2D eigenvalue weighted by Crippen LogP contribution is -2.33. The predicted molar refractivity (Wildman–Crippen MR) is 103 cm³/mol. The standard InChI is InChI=1S/C10H13N5O4.C8H6O4/c11-8-5-9(13-2-12-8)15(3-14-5)10-7(18)6(17)4(1-16)19-10;9-7(10)5-3-1-2-4-6(5)8(11)12/h2-4,6-7,10,16-18H,1H2,(H2,11,12,13);1-4H,(H,9,10)(H,11,12)/t4-,6-,7-,10-;/m1./s1. The van der Waals surface area contributed by atoms with Crippen LogP contribution in [0.3, 0.4) is 0 Å². The van der Waals surface area contributed by atoms with Crippen LogP contribution in [0.2, 0.25) is 0 Å². The van der Waals surface area contributed by atoms with E-state index >= 15 is 0 Å². The van der Waals surface area contributed by atoms with E-state index in [1.165, 1.54) is 41.5 Å². The van der Waals surface area contributed by atoms with Crippen LogP contribution in [0.15, 0.2) is 36.9 Å². The molecule has 1 aliphatic heterocycles. The van der Waals surface area contributed by atoms with Gasteiger partial charge in [-0.1, -0.05) is 12.1 Å². The molecule has 1 aliphatic rings. The maximum Gasteiger partial charge on any atom is 0.336 e. The number of rotatable bonds is 4. The van der Waals surface area contributed by atoms with Crippen LogP contribution < -0.4 is 5.73 Å². The number of carbonyl (C=O) groups is 2.